The summed E-state index contributed by atoms with van der Waals surface area (Å²) in [4.78, 5) is 17.1. The zero-order valence-electron chi connectivity index (χ0n) is 23.0. The molecule has 172 valence electrons. The van der Waals surface area contributed by atoms with E-state index in [4.69, 9.17) is 17.7 Å². The van der Waals surface area contributed by atoms with Crippen molar-refractivity contribution in [2.75, 3.05) is 20.6 Å². The second-order valence-electron chi connectivity index (χ2n) is 7.04. The molecule has 4 aromatic rings. The molecule has 33 heavy (non-hydrogen) atoms. The number of hydrogen-bond donors (Lipinski definition) is 1. The lowest BCUT2D eigenvalue weighted by atomic mass is 10.1. The number of halogens is 3. The van der Waals surface area contributed by atoms with Crippen molar-refractivity contribution in [2.24, 2.45) is 7.05 Å². The standard InChI is InChI=1S/C22H20F3N5O3/c1-29-11-15(9-28-29)13-4-5-30-16(10-26-19(30)8-13)14-6-17(32-2)20(18(7-14)33-3)21(31)27-12-22(23,24)25/h4-11H,12H2,1-3H3,(H,27,31)/i2D3,3D3. The highest BCUT2D eigenvalue weighted by Crippen LogP contribution is 2.36. The van der Waals surface area contributed by atoms with Crippen LogP contribution in [0.2, 0.25) is 0 Å². The molecule has 0 atom stereocenters. The van der Waals surface area contributed by atoms with Gasteiger partial charge in [0.25, 0.3) is 5.91 Å². The van der Waals surface area contributed by atoms with Crippen LogP contribution >= 0.6 is 0 Å². The van der Waals surface area contributed by atoms with Crippen LogP contribution in [-0.2, 0) is 7.05 Å². The van der Waals surface area contributed by atoms with E-state index in [0.717, 1.165) is 23.3 Å². The number of hydrogen-bond acceptors (Lipinski definition) is 5. The van der Waals surface area contributed by atoms with E-state index >= 15 is 0 Å². The third-order valence-corrected chi connectivity index (χ3v) is 4.81. The fourth-order valence-electron chi connectivity index (χ4n) is 3.34. The molecule has 1 aromatic carbocycles. The molecule has 0 radical (unpaired) electrons. The van der Waals surface area contributed by atoms with E-state index in [-0.39, 0.29) is 5.56 Å². The van der Waals surface area contributed by atoms with Gasteiger partial charge in [0.2, 0.25) is 0 Å². The molecule has 3 aromatic heterocycles. The number of aromatic nitrogens is 4. The number of rotatable bonds is 6. The van der Waals surface area contributed by atoms with E-state index in [9.17, 15) is 18.0 Å². The third-order valence-electron chi connectivity index (χ3n) is 4.81. The van der Waals surface area contributed by atoms with Gasteiger partial charge < -0.3 is 14.8 Å². The van der Waals surface area contributed by atoms with E-state index in [1.165, 1.54) is 6.20 Å². The quantitative estimate of drug-likeness (QED) is 0.470. The predicted molar refractivity (Wildman–Crippen MR) is 114 cm³/mol. The van der Waals surface area contributed by atoms with Crippen LogP contribution in [0.3, 0.4) is 0 Å². The Morgan fingerprint density at radius 2 is 1.85 bits per heavy atom. The third kappa shape index (κ3) is 4.47. The molecule has 0 aliphatic heterocycles. The SMILES string of the molecule is [2H]C([2H])([2H])Oc1cc(-c2cnc3cc(-c4cnn(C)c4)ccn23)cc(OC([2H])([2H])[2H])c1C(=O)NCC(F)(F)F. The largest absolute Gasteiger partial charge is 0.496 e. The second-order valence-corrected chi connectivity index (χ2v) is 7.04. The van der Waals surface area contributed by atoms with Crippen LogP contribution in [0.1, 0.15) is 18.6 Å². The first-order valence-electron chi connectivity index (χ1n) is 12.4. The summed E-state index contributed by atoms with van der Waals surface area (Å²) >= 11 is 0. The predicted octanol–water partition coefficient (Wildman–Crippen LogP) is 3.71. The number of fused-ring (bicyclic) bond motifs is 1. The molecule has 0 bridgehead atoms. The minimum absolute atomic E-state index is 0.113. The molecule has 11 heteroatoms. The fourth-order valence-corrected chi connectivity index (χ4v) is 3.34. The number of carbonyl (C=O) groups is 1. The first kappa shape index (κ1) is 15.7. The monoisotopic (exact) mass is 465 g/mol. The number of amides is 1. The highest BCUT2D eigenvalue weighted by molar-refractivity contribution is 6.00. The second kappa shape index (κ2) is 8.49. The lowest BCUT2D eigenvalue weighted by Crippen LogP contribution is -2.34. The number of carbonyl (C=O) groups excluding carboxylic acids is 1. The van der Waals surface area contributed by atoms with E-state index in [1.54, 1.807) is 52.2 Å². The van der Waals surface area contributed by atoms with Gasteiger partial charge in [-0.3, -0.25) is 13.9 Å². The van der Waals surface area contributed by atoms with Crippen LogP contribution in [0.15, 0.2) is 49.1 Å². The van der Waals surface area contributed by atoms with Crippen LogP contribution in [0, 0.1) is 0 Å². The minimum Gasteiger partial charge on any atom is -0.496 e. The van der Waals surface area contributed by atoms with Crippen LogP contribution in [-0.4, -0.2) is 51.9 Å². The highest BCUT2D eigenvalue weighted by atomic mass is 19.4. The zero-order chi connectivity index (χ0) is 28.8. The Hall–Kier alpha value is -4.02. The molecule has 1 N–H and O–H groups in total. The number of imidazole rings is 1. The maximum atomic E-state index is 12.7. The van der Waals surface area contributed by atoms with Crippen molar-refractivity contribution in [2.45, 2.75) is 6.18 Å². The first-order chi connectivity index (χ1) is 18.0. The smallest absolute Gasteiger partial charge is 0.405 e. The van der Waals surface area contributed by atoms with Gasteiger partial charge in [-0.15, -0.1) is 0 Å². The van der Waals surface area contributed by atoms with Gasteiger partial charge in [-0.05, 0) is 29.8 Å². The zero-order valence-corrected chi connectivity index (χ0v) is 17.0. The van der Waals surface area contributed by atoms with Crippen molar-refractivity contribution in [3.63, 3.8) is 0 Å². The molecule has 0 fully saturated rings. The summed E-state index contributed by atoms with van der Waals surface area (Å²) < 4.78 is 96.1. The van der Waals surface area contributed by atoms with E-state index in [0.29, 0.717) is 11.3 Å². The molecular formula is C22H20F3N5O3. The lowest BCUT2D eigenvalue weighted by Gasteiger charge is -2.16. The van der Waals surface area contributed by atoms with Crippen LogP contribution in [0.4, 0.5) is 13.2 Å². The van der Waals surface area contributed by atoms with Crippen molar-refractivity contribution in [3.05, 3.63) is 54.6 Å². The summed E-state index contributed by atoms with van der Waals surface area (Å²) in [6.45, 7) is -1.76. The number of nitrogens with zero attached hydrogens (tertiary/aromatic N) is 4. The lowest BCUT2D eigenvalue weighted by molar-refractivity contribution is -0.123. The van der Waals surface area contributed by atoms with Gasteiger partial charge in [0, 0.05) is 30.6 Å². The van der Waals surface area contributed by atoms with E-state index in [2.05, 4.69) is 10.1 Å². The van der Waals surface area contributed by atoms with Gasteiger partial charge in [0.1, 0.15) is 29.3 Å². The maximum Gasteiger partial charge on any atom is 0.405 e. The first-order valence-corrected chi connectivity index (χ1v) is 9.37. The Balaban J connectivity index is 1.86. The van der Waals surface area contributed by atoms with Crippen LogP contribution in [0.25, 0.3) is 28.0 Å². The average Bonchev–Trinajstić information content (AvgIpc) is 3.40. The molecule has 4 rings (SSSR count). The Morgan fingerprint density at radius 1 is 1.12 bits per heavy atom. The van der Waals surface area contributed by atoms with Gasteiger partial charge in [-0.2, -0.15) is 18.3 Å². The topological polar surface area (TPSA) is 82.7 Å². The Morgan fingerprint density at radius 3 is 2.45 bits per heavy atom. The van der Waals surface area contributed by atoms with Crippen molar-refractivity contribution in [1.82, 2.24) is 24.5 Å². The normalized spacial score (nSPS) is 15.0. The number of benzene rings is 1. The van der Waals surface area contributed by atoms with Gasteiger partial charge in [-0.25, -0.2) is 4.98 Å². The fraction of sp³-hybridized carbons (Fsp3) is 0.227. The molecule has 0 saturated carbocycles. The highest BCUT2D eigenvalue weighted by Gasteiger charge is 2.30. The summed E-state index contributed by atoms with van der Waals surface area (Å²) in [5, 5.41) is 5.71. The summed E-state index contributed by atoms with van der Waals surface area (Å²) in [6.07, 6.45) is 1.72. The van der Waals surface area contributed by atoms with Gasteiger partial charge in [0.05, 0.1) is 40.4 Å². The molecular weight excluding hydrogens is 439 g/mol. The van der Waals surface area contributed by atoms with Crippen molar-refractivity contribution >= 4 is 11.6 Å². The Labute approximate surface area is 195 Å². The van der Waals surface area contributed by atoms with E-state index in [1.807, 2.05) is 0 Å². The number of ether oxygens (including phenoxy) is 2. The maximum absolute atomic E-state index is 12.7. The van der Waals surface area contributed by atoms with Crippen molar-refractivity contribution < 1.29 is 35.7 Å². The summed E-state index contributed by atoms with van der Waals surface area (Å²) in [6, 6.07) is 5.67. The molecule has 0 aliphatic rings. The molecule has 0 saturated heterocycles. The number of nitrogens with one attached hydrogen (secondary N) is 1. The summed E-state index contributed by atoms with van der Waals surface area (Å²) in [5.74, 6) is -2.88. The van der Waals surface area contributed by atoms with Crippen LogP contribution < -0.4 is 14.8 Å². The van der Waals surface area contributed by atoms with Gasteiger partial charge in [-0.1, -0.05) is 0 Å². The van der Waals surface area contributed by atoms with Gasteiger partial charge >= 0.3 is 6.18 Å². The average molecular weight is 465 g/mol. The Kier molecular flexibility index (Phi) is 4.05. The molecule has 1 amide bonds. The molecule has 0 aliphatic carbocycles. The number of aryl methyl sites for hydroxylation is 1. The van der Waals surface area contributed by atoms with E-state index < -0.39 is 49.8 Å². The molecule has 8 nitrogen and oxygen atoms in total. The number of pyridine rings is 1. The number of alkyl halides is 3. The molecule has 0 spiro atoms. The summed E-state index contributed by atoms with van der Waals surface area (Å²) in [7, 11) is -4.53. The van der Waals surface area contributed by atoms with Crippen LogP contribution in [0.5, 0.6) is 11.5 Å². The van der Waals surface area contributed by atoms with Crippen molar-refractivity contribution in [1.29, 1.82) is 0 Å². The van der Waals surface area contributed by atoms with Gasteiger partial charge in [0.15, 0.2) is 0 Å². The summed E-state index contributed by atoms with van der Waals surface area (Å²) in [5.41, 5.74) is 1.67. The molecule has 0 unspecified atom stereocenters. The minimum atomic E-state index is -4.79. The van der Waals surface area contributed by atoms with Crippen molar-refractivity contribution in [3.8, 4) is 33.9 Å². The molecule has 3 heterocycles. The number of methoxy groups -OCH3 is 2. The Bertz CT molecular complexity index is 1490.